The van der Waals surface area contributed by atoms with Gasteiger partial charge in [0, 0.05) is 11.0 Å². The zero-order valence-corrected chi connectivity index (χ0v) is 11.1. The molecule has 0 radical (unpaired) electrons. The van der Waals surface area contributed by atoms with Crippen LogP contribution in [0.5, 0.6) is 0 Å². The summed E-state index contributed by atoms with van der Waals surface area (Å²) in [5, 5.41) is 6.92. The predicted molar refractivity (Wildman–Crippen MR) is 71.4 cm³/mol. The SMILES string of the molecule is Brc1ccccc1CNCCC1CCNC1. The molecule has 0 aliphatic carbocycles. The highest BCUT2D eigenvalue weighted by molar-refractivity contribution is 9.10. The van der Waals surface area contributed by atoms with Crippen molar-refractivity contribution in [1.82, 2.24) is 10.6 Å². The van der Waals surface area contributed by atoms with Gasteiger partial charge in [-0.05, 0) is 50.0 Å². The first-order chi connectivity index (χ1) is 7.86. The second-order valence-electron chi connectivity index (χ2n) is 4.42. The minimum absolute atomic E-state index is 0.881. The highest BCUT2D eigenvalue weighted by Gasteiger charge is 2.13. The van der Waals surface area contributed by atoms with Gasteiger partial charge < -0.3 is 10.6 Å². The standard InChI is InChI=1S/C13H19BrN2/c14-13-4-2-1-3-12(13)10-16-8-6-11-5-7-15-9-11/h1-4,11,15-16H,5-10H2. The fraction of sp³-hybridized carbons (Fsp3) is 0.538. The Balaban J connectivity index is 1.66. The summed E-state index contributed by atoms with van der Waals surface area (Å²) in [5.74, 6) is 0.881. The second-order valence-corrected chi connectivity index (χ2v) is 5.27. The monoisotopic (exact) mass is 282 g/mol. The van der Waals surface area contributed by atoms with Crippen molar-refractivity contribution < 1.29 is 0 Å². The summed E-state index contributed by atoms with van der Waals surface area (Å²) in [6, 6.07) is 8.40. The van der Waals surface area contributed by atoms with E-state index in [1.807, 2.05) is 0 Å². The molecule has 1 heterocycles. The molecule has 88 valence electrons. The quantitative estimate of drug-likeness (QED) is 0.811. The molecule has 1 aliphatic rings. The first kappa shape index (κ1) is 12.1. The molecule has 0 amide bonds. The number of nitrogens with one attached hydrogen (secondary N) is 2. The fourth-order valence-corrected chi connectivity index (χ4v) is 2.56. The molecule has 0 spiro atoms. The van der Waals surface area contributed by atoms with Crippen molar-refractivity contribution in [2.45, 2.75) is 19.4 Å². The van der Waals surface area contributed by atoms with Crippen molar-refractivity contribution in [3.05, 3.63) is 34.3 Å². The van der Waals surface area contributed by atoms with E-state index in [9.17, 15) is 0 Å². The molecule has 2 nitrogen and oxygen atoms in total. The Morgan fingerprint density at radius 3 is 3.00 bits per heavy atom. The Hall–Kier alpha value is -0.380. The molecule has 2 N–H and O–H groups in total. The van der Waals surface area contributed by atoms with Crippen molar-refractivity contribution in [3.8, 4) is 0 Å². The summed E-state index contributed by atoms with van der Waals surface area (Å²) >= 11 is 3.56. The van der Waals surface area contributed by atoms with Crippen LogP contribution in [0, 0.1) is 5.92 Å². The average Bonchev–Trinajstić information content (AvgIpc) is 2.79. The van der Waals surface area contributed by atoms with Crippen LogP contribution in [0.4, 0.5) is 0 Å². The summed E-state index contributed by atoms with van der Waals surface area (Å²) in [6.07, 6.45) is 2.63. The average molecular weight is 283 g/mol. The lowest BCUT2D eigenvalue weighted by molar-refractivity contribution is 0.500. The van der Waals surface area contributed by atoms with Crippen molar-refractivity contribution in [2.24, 2.45) is 5.92 Å². The van der Waals surface area contributed by atoms with Gasteiger partial charge >= 0.3 is 0 Å². The van der Waals surface area contributed by atoms with E-state index in [4.69, 9.17) is 0 Å². The largest absolute Gasteiger partial charge is 0.316 e. The van der Waals surface area contributed by atoms with Crippen LogP contribution in [0.2, 0.25) is 0 Å². The summed E-state index contributed by atoms with van der Waals surface area (Å²) < 4.78 is 1.20. The second kappa shape index (κ2) is 6.38. The summed E-state index contributed by atoms with van der Waals surface area (Å²) in [7, 11) is 0. The molecule has 1 atom stereocenters. The van der Waals surface area contributed by atoms with E-state index in [0.29, 0.717) is 0 Å². The lowest BCUT2D eigenvalue weighted by atomic mass is 10.1. The van der Waals surface area contributed by atoms with Crippen LogP contribution >= 0.6 is 15.9 Å². The Morgan fingerprint density at radius 2 is 2.25 bits per heavy atom. The zero-order valence-electron chi connectivity index (χ0n) is 9.51. The summed E-state index contributed by atoms with van der Waals surface area (Å²) in [6.45, 7) is 4.49. The van der Waals surface area contributed by atoms with Crippen LogP contribution in [0.1, 0.15) is 18.4 Å². The van der Waals surface area contributed by atoms with Crippen molar-refractivity contribution in [2.75, 3.05) is 19.6 Å². The Labute approximate surface area is 106 Å². The fourth-order valence-electron chi connectivity index (χ4n) is 2.13. The Bertz CT molecular complexity index is 321. The van der Waals surface area contributed by atoms with E-state index in [0.717, 1.165) is 19.0 Å². The zero-order chi connectivity index (χ0) is 11.2. The molecule has 1 unspecified atom stereocenters. The van der Waals surface area contributed by atoms with Crippen LogP contribution < -0.4 is 10.6 Å². The molecular weight excluding hydrogens is 264 g/mol. The molecule has 2 rings (SSSR count). The van der Waals surface area contributed by atoms with Gasteiger partial charge in [-0.25, -0.2) is 0 Å². The third-order valence-corrected chi connectivity index (χ3v) is 3.94. The third-order valence-electron chi connectivity index (χ3n) is 3.17. The lowest BCUT2D eigenvalue weighted by Gasteiger charge is -2.10. The molecular formula is C13H19BrN2. The molecule has 0 aromatic heterocycles. The molecule has 1 aliphatic heterocycles. The van der Waals surface area contributed by atoms with Gasteiger partial charge in [0.2, 0.25) is 0 Å². The molecule has 1 aromatic rings. The molecule has 1 aromatic carbocycles. The van der Waals surface area contributed by atoms with Crippen molar-refractivity contribution in [1.29, 1.82) is 0 Å². The van der Waals surface area contributed by atoms with E-state index in [2.05, 4.69) is 50.8 Å². The van der Waals surface area contributed by atoms with Crippen LogP contribution in [-0.4, -0.2) is 19.6 Å². The van der Waals surface area contributed by atoms with Crippen molar-refractivity contribution in [3.63, 3.8) is 0 Å². The third kappa shape index (κ3) is 3.58. The minimum atomic E-state index is 0.881. The summed E-state index contributed by atoms with van der Waals surface area (Å²) in [4.78, 5) is 0. The van der Waals surface area contributed by atoms with Crippen LogP contribution in [0.15, 0.2) is 28.7 Å². The van der Waals surface area contributed by atoms with E-state index in [-0.39, 0.29) is 0 Å². The Kier molecular flexibility index (Phi) is 4.82. The van der Waals surface area contributed by atoms with Gasteiger partial charge in [0.15, 0.2) is 0 Å². The number of halogens is 1. The highest BCUT2D eigenvalue weighted by Crippen LogP contribution is 2.15. The van der Waals surface area contributed by atoms with Gasteiger partial charge in [-0.1, -0.05) is 34.1 Å². The van der Waals surface area contributed by atoms with E-state index in [1.165, 1.54) is 36.0 Å². The van der Waals surface area contributed by atoms with Crippen LogP contribution in [0.3, 0.4) is 0 Å². The number of hydrogen-bond donors (Lipinski definition) is 2. The van der Waals surface area contributed by atoms with Gasteiger partial charge in [-0.2, -0.15) is 0 Å². The van der Waals surface area contributed by atoms with Crippen LogP contribution in [-0.2, 0) is 6.54 Å². The molecule has 1 saturated heterocycles. The van der Waals surface area contributed by atoms with E-state index in [1.54, 1.807) is 0 Å². The van der Waals surface area contributed by atoms with Gasteiger partial charge in [-0.15, -0.1) is 0 Å². The highest BCUT2D eigenvalue weighted by atomic mass is 79.9. The number of hydrogen-bond acceptors (Lipinski definition) is 2. The first-order valence-corrected chi connectivity index (χ1v) is 6.80. The molecule has 3 heteroatoms. The maximum absolute atomic E-state index is 3.56. The van der Waals surface area contributed by atoms with E-state index < -0.39 is 0 Å². The van der Waals surface area contributed by atoms with Crippen LogP contribution in [0.25, 0.3) is 0 Å². The summed E-state index contributed by atoms with van der Waals surface area (Å²) in [5.41, 5.74) is 1.34. The minimum Gasteiger partial charge on any atom is -0.316 e. The predicted octanol–water partition coefficient (Wildman–Crippen LogP) is 2.54. The maximum Gasteiger partial charge on any atom is 0.0220 e. The molecule has 0 saturated carbocycles. The normalized spacial score (nSPS) is 20.2. The Morgan fingerprint density at radius 1 is 1.38 bits per heavy atom. The topological polar surface area (TPSA) is 24.1 Å². The van der Waals surface area contributed by atoms with Crippen molar-refractivity contribution >= 4 is 15.9 Å². The first-order valence-electron chi connectivity index (χ1n) is 6.01. The maximum atomic E-state index is 3.56. The van der Waals surface area contributed by atoms with Gasteiger partial charge in [-0.3, -0.25) is 0 Å². The van der Waals surface area contributed by atoms with E-state index >= 15 is 0 Å². The van der Waals surface area contributed by atoms with Gasteiger partial charge in [0.1, 0.15) is 0 Å². The molecule has 0 bridgehead atoms. The smallest absolute Gasteiger partial charge is 0.0220 e. The number of rotatable bonds is 5. The lowest BCUT2D eigenvalue weighted by Crippen LogP contribution is -2.19. The molecule has 1 fully saturated rings. The number of benzene rings is 1. The van der Waals surface area contributed by atoms with Gasteiger partial charge in [0.25, 0.3) is 0 Å². The van der Waals surface area contributed by atoms with Gasteiger partial charge in [0.05, 0.1) is 0 Å². The molecule has 16 heavy (non-hydrogen) atoms.